The van der Waals surface area contributed by atoms with Crippen LogP contribution in [-0.4, -0.2) is 28.5 Å². The first kappa shape index (κ1) is 15.8. The van der Waals surface area contributed by atoms with Gasteiger partial charge in [0.05, 0.1) is 10.9 Å². The van der Waals surface area contributed by atoms with Gasteiger partial charge in [0.2, 0.25) is 0 Å². The quantitative estimate of drug-likeness (QED) is 0.798. The smallest absolute Gasteiger partial charge is 0.261 e. The Labute approximate surface area is 133 Å². The molecule has 2 aromatic rings. The van der Waals surface area contributed by atoms with E-state index < -0.39 is 5.82 Å². The number of Topliss-reactive ketones (excluding diaryl/α,β-unsaturated/α-hetero) is 1. The topological polar surface area (TPSA) is 61.2 Å². The van der Waals surface area contributed by atoms with Crippen LogP contribution in [0.3, 0.4) is 0 Å². The van der Waals surface area contributed by atoms with Gasteiger partial charge in [-0.25, -0.2) is 9.37 Å². The predicted molar refractivity (Wildman–Crippen MR) is 84.4 cm³/mol. The van der Waals surface area contributed by atoms with E-state index in [1.54, 1.807) is 7.05 Å². The molecule has 0 bridgehead atoms. The fourth-order valence-corrected chi connectivity index (χ4v) is 3.19. The first-order valence-electron chi connectivity index (χ1n) is 7.63. The first-order valence-corrected chi connectivity index (χ1v) is 7.63. The number of benzene rings is 1. The van der Waals surface area contributed by atoms with Crippen LogP contribution in [0.5, 0.6) is 0 Å². The van der Waals surface area contributed by atoms with Gasteiger partial charge in [-0.15, -0.1) is 0 Å². The number of carbonyl (C=O) groups excluding carboxylic acids is 1. The molecule has 3 rings (SSSR count). The zero-order valence-corrected chi connectivity index (χ0v) is 13.5. The molecule has 1 aromatic carbocycles. The Morgan fingerprint density at radius 3 is 2.61 bits per heavy atom. The Morgan fingerprint density at radius 2 is 2.00 bits per heavy atom. The van der Waals surface area contributed by atoms with Crippen LogP contribution in [0.25, 0.3) is 10.9 Å². The average Bonchev–Trinajstić information content (AvgIpc) is 2.51. The second-order valence-corrected chi connectivity index (χ2v) is 6.38. The summed E-state index contributed by atoms with van der Waals surface area (Å²) in [5, 5.41) is 0.136. The van der Waals surface area contributed by atoms with Crippen LogP contribution in [0.4, 0.5) is 4.39 Å². The second-order valence-electron chi connectivity index (χ2n) is 6.38. The van der Waals surface area contributed by atoms with Crippen molar-refractivity contribution in [1.29, 1.82) is 0 Å². The number of carbonyl (C=O) groups is 1. The number of rotatable bonds is 2. The Hall–Kier alpha value is -2.08. The van der Waals surface area contributed by atoms with Crippen LogP contribution in [0, 0.1) is 5.82 Å². The van der Waals surface area contributed by atoms with Gasteiger partial charge in [-0.05, 0) is 31.9 Å². The summed E-state index contributed by atoms with van der Waals surface area (Å²) >= 11 is 0. The van der Waals surface area contributed by atoms with Crippen molar-refractivity contribution in [2.24, 2.45) is 7.05 Å². The number of fused-ring (bicyclic) bond motifs is 1. The number of halogens is 1. The molecule has 1 aliphatic rings. The summed E-state index contributed by atoms with van der Waals surface area (Å²) in [5.74, 6) is -0.294. The lowest BCUT2D eigenvalue weighted by molar-refractivity contribution is 0.0522. The molecule has 1 aliphatic heterocycles. The number of nitrogens with zero attached hydrogens (tertiary/aromatic N) is 2. The third-order valence-corrected chi connectivity index (χ3v) is 4.66. The van der Waals surface area contributed by atoms with Crippen molar-refractivity contribution in [3.63, 3.8) is 0 Å². The highest BCUT2D eigenvalue weighted by molar-refractivity contribution is 6.05. The van der Waals surface area contributed by atoms with Gasteiger partial charge in [0.1, 0.15) is 11.6 Å². The number of ketones is 1. The van der Waals surface area contributed by atoms with Gasteiger partial charge in [0, 0.05) is 31.2 Å². The predicted octanol–water partition coefficient (Wildman–Crippen LogP) is 2.34. The molecule has 122 valence electrons. The summed E-state index contributed by atoms with van der Waals surface area (Å²) < 4.78 is 20.6. The molecule has 1 aromatic heterocycles. The van der Waals surface area contributed by atoms with Crippen LogP contribution >= 0.6 is 0 Å². The summed E-state index contributed by atoms with van der Waals surface area (Å²) in [5.41, 5.74) is -0.206. The maximum Gasteiger partial charge on any atom is 0.261 e. The van der Waals surface area contributed by atoms with E-state index >= 15 is 0 Å². The van der Waals surface area contributed by atoms with Crippen molar-refractivity contribution < 1.29 is 13.9 Å². The highest BCUT2D eigenvalue weighted by Gasteiger charge is 2.34. The summed E-state index contributed by atoms with van der Waals surface area (Å²) in [6.45, 7) is 4.60. The second kappa shape index (κ2) is 5.53. The maximum absolute atomic E-state index is 13.8. The number of ether oxygens (including phenoxy) is 1. The highest BCUT2D eigenvalue weighted by Crippen LogP contribution is 2.33. The van der Waals surface area contributed by atoms with Crippen molar-refractivity contribution in [3.05, 3.63) is 39.7 Å². The molecule has 0 N–H and O–H groups in total. The fraction of sp³-hybridized carbons (Fsp3) is 0.471. The lowest BCUT2D eigenvalue weighted by atomic mass is 9.81. The standard InChI is InChI=1S/C17H19FN2O3/c1-10(21)12-8-11(18)9-13-14(12)19-16(20(3)15(13)22)17(2)4-6-23-7-5-17/h8-9H,4-7H2,1-3H3. The van der Waals surface area contributed by atoms with E-state index in [1.807, 2.05) is 6.92 Å². The summed E-state index contributed by atoms with van der Waals surface area (Å²) in [7, 11) is 1.64. The number of hydrogen-bond acceptors (Lipinski definition) is 4. The van der Waals surface area contributed by atoms with E-state index in [0.717, 1.165) is 25.0 Å². The maximum atomic E-state index is 13.8. The van der Waals surface area contributed by atoms with E-state index in [2.05, 4.69) is 4.98 Å². The molecule has 0 radical (unpaired) electrons. The molecule has 6 heteroatoms. The number of aromatic nitrogens is 2. The molecule has 5 nitrogen and oxygen atoms in total. The van der Waals surface area contributed by atoms with Gasteiger partial charge in [0.25, 0.3) is 5.56 Å². The molecule has 0 unspecified atom stereocenters. The Balaban J connectivity index is 2.35. The van der Waals surface area contributed by atoms with Crippen molar-refractivity contribution in [2.75, 3.05) is 13.2 Å². The lowest BCUT2D eigenvalue weighted by Crippen LogP contribution is -2.38. The van der Waals surface area contributed by atoms with Crippen LogP contribution in [0.2, 0.25) is 0 Å². The molecule has 1 saturated heterocycles. The molecule has 0 atom stereocenters. The van der Waals surface area contributed by atoms with Crippen molar-refractivity contribution in [2.45, 2.75) is 32.1 Å². The first-order chi connectivity index (χ1) is 10.8. The Bertz CT molecular complexity index is 851. The normalized spacial score (nSPS) is 17.4. The molecule has 0 saturated carbocycles. The van der Waals surface area contributed by atoms with Crippen molar-refractivity contribution in [1.82, 2.24) is 9.55 Å². The van der Waals surface area contributed by atoms with E-state index in [0.29, 0.717) is 19.0 Å². The van der Waals surface area contributed by atoms with Crippen molar-refractivity contribution >= 4 is 16.7 Å². The SMILES string of the molecule is CC(=O)c1cc(F)cc2c(=O)n(C)c(C3(C)CCOCC3)nc12. The highest BCUT2D eigenvalue weighted by atomic mass is 19.1. The summed E-state index contributed by atoms with van der Waals surface area (Å²) in [4.78, 5) is 29.1. The molecular weight excluding hydrogens is 299 g/mol. The van der Waals surface area contributed by atoms with E-state index in [1.165, 1.54) is 11.5 Å². The minimum atomic E-state index is -0.605. The monoisotopic (exact) mass is 318 g/mol. The van der Waals surface area contributed by atoms with Crippen LogP contribution in [0.1, 0.15) is 42.9 Å². The van der Waals surface area contributed by atoms with Gasteiger partial charge < -0.3 is 4.74 Å². The molecule has 0 spiro atoms. The zero-order chi connectivity index (χ0) is 16.8. The number of hydrogen-bond donors (Lipinski definition) is 0. The third-order valence-electron chi connectivity index (χ3n) is 4.66. The molecule has 1 fully saturated rings. The molecule has 0 aliphatic carbocycles. The van der Waals surface area contributed by atoms with Gasteiger partial charge >= 0.3 is 0 Å². The molecular formula is C17H19FN2O3. The zero-order valence-electron chi connectivity index (χ0n) is 13.5. The average molecular weight is 318 g/mol. The van der Waals surface area contributed by atoms with Crippen LogP contribution < -0.4 is 5.56 Å². The van der Waals surface area contributed by atoms with Gasteiger partial charge in [-0.2, -0.15) is 0 Å². The van der Waals surface area contributed by atoms with E-state index in [-0.39, 0.29) is 33.2 Å². The Kier molecular flexibility index (Phi) is 3.80. The minimum Gasteiger partial charge on any atom is -0.381 e. The van der Waals surface area contributed by atoms with Crippen LogP contribution in [0.15, 0.2) is 16.9 Å². The third kappa shape index (κ3) is 2.57. The Morgan fingerprint density at radius 1 is 1.35 bits per heavy atom. The lowest BCUT2D eigenvalue weighted by Gasteiger charge is -2.34. The fourth-order valence-electron chi connectivity index (χ4n) is 3.19. The largest absolute Gasteiger partial charge is 0.381 e. The summed E-state index contributed by atoms with van der Waals surface area (Å²) in [6.07, 6.45) is 1.49. The van der Waals surface area contributed by atoms with Gasteiger partial charge in [0.15, 0.2) is 5.78 Å². The van der Waals surface area contributed by atoms with E-state index in [9.17, 15) is 14.0 Å². The molecule has 0 amide bonds. The molecule has 23 heavy (non-hydrogen) atoms. The summed E-state index contributed by atoms with van der Waals surface area (Å²) in [6, 6.07) is 2.29. The van der Waals surface area contributed by atoms with Gasteiger partial charge in [-0.1, -0.05) is 6.92 Å². The van der Waals surface area contributed by atoms with E-state index in [4.69, 9.17) is 4.74 Å². The molecule has 2 heterocycles. The van der Waals surface area contributed by atoms with Crippen molar-refractivity contribution in [3.8, 4) is 0 Å². The minimum absolute atomic E-state index is 0.136. The van der Waals surface area contributed by atoms with Crippen LogP contribution in [-0.2, 0) is 17.2 Å². The van der Waals surface area contributed by atoms with Gasteiger partial charge in [-0.3, -0.25) is 14.2 Å².